The van der Waals surface area contributed by atoms with Crippen molar-refractivity contribution in [3.8, 4) is 17.4 Å². The van der Waals surface area contributed by atoms with E-state index >= 15 is 0 Å². The van der Waals surface area contributed by atoms with Crippen molar-refractivity contribution in [1.82, 2.24) is 9.97 Å². The van der Waals surface area contributed by atoms with E-state index in [1.165, 1.54) is 6.33 Å². The molecule has 28 heavy (non-hydrogen) atoms. The first-order valence-electron chi connectivity index (χ1n) is 9.00. The third-order valence-electron chi connectivity index (χ3n) is 4.23. The zero-order chi connectivity index (χ0) is 19.3. The molecule has 0 atom stereocenters. The Morgan fingerprint density at radius 1 is 0.929 bits per heavy atom. The average molecular weight is 372 g/mol. The molecule has 0 unspecified atom stereocenters. The van der Waals surface area contributed by atoms with Gasteiger partial charge in [-0.2, -0.15) is 4.98 Å². The fourth-order valence-corrected chi connectivity index (χ4v) is 2.89. The smallest absolute Gasteiger partial charge is 0.248 e. The van der Waals surface area contributed by atoms with Gasteiger partial charge in [0.2, 0.25) is 5.88 Å². The molecule has 6 nitrogen and oxygen atoms in total. The molecular formula is C22H20N4O2. The lowest BCUT2D eigenvalue weighted by atomic mass is 10.1. The van der Waals surface area contributed by atoms with Crippen molar-refractivity contribution in [2.45, 2.75) is 6.92 Å². The van der Waals surface area contributed by atoms with Gasteiger partial charge in [-0.25, -0.2) is 4.98 Å². The Kier molecular flexibility index (Phi) is 4.93. The molecule has 140 valence electrons. The zero-order valence-corrected chi connectivity index (χ0v) is 15.4. The van der Waals surface area contributed by atoms with Gasteiger partial charge in [-0.3, -0.25) is 0 Å². The van der Waals surface area contributed by atoms with Crippen molar-refractivity contribution in [2.75, 3.05) is 17.7 Å². The topological polar surface area (TPSA) is 82.3 Å². The van der Waals surface area contributed by atoms with Crippen LogP contribution in [-0.2, 0) is 0 Å². The van der Waals surface area contributed by atoms with Gasteiger partial charge in [-0.05, 0) is 42.6 Å². The Morgan fingerprint density at radius 2 is 1.71 bits per heavy atom. The highest BCUT2D eigenvalue weighted by Crippen LogP contribution is 2.34. The Hall–Kier alpha value is -3.80. The number of anilines is 3. The number of rotatable bonds is 6. The summed E-state index contributed by atoms with van der Waals surface area (Å²) in [5.41, 5.74) is 7.44. The molecule has 6 heteroatoms. The van der Waals surface area contributed by atoms with Gasteiger partial charge in [0, 0.05) is 11.1 Å². The molecule has 3 N–H and O–H groups in total. The van der Waals surface area contributed by atoms with Crippen molar-refractivity contribution in [2.24, 2.45) is 0 Å². The van der Waals surface area contributed by atoms with E-state index in [1.54, 1.807) is 0 Å². The second-order valence-electron chi connectivity index (χ2n) is 6.10. The summed E-state index contributed by atoms with van der Waals surface area (Å²) < 4.78 is 11.5. The number of nitrogen functional groups attached to an aromatic ring is 1. The number of nitrogens with two attached hydrogens (primary N) is 1. The number of benzene rings is 3. The summed E-state index contributed by atoms with van der Waals surface area (Å²) in [5, 5.41) is 5.27. The summed E-state index contributed by atoms with van der Waals surface area (Å²) in [6.07, 6.45) is 1.42. The minimum absolute atomic E-state index is 0.305. The Morgan fingerprint density at radius 3 is 2.54 bits per heavy atom. The number of ether oxygens (including phenoxy) is 2. The molecule has 4 aromatic rings. The van der Waals surface area contributed by atoms with Crippen molar-refractivity contribution in [3.05, 3.63) is 73.1 Å². The molecule has 4 rings (SSSR count). The minimum atomic E-state index is 0.305. The normalized spacial score (nSPS) is 10.6. The number of nitrogens with zero attached hydrogens (tertiary/aromatic N) is 2. The van der Waals surface area contributed by atoms with Crippen LogP contribution < -0.4 is 20.5 Å². The van der Waals surface area contributed by atoms with E-state index in [-0.39, 0.29) is 0 Å². The maximum Gasteiger partial charge on any atom is 0.248 e. The molecule has 0 aliphatic heterocycles. The van der Waals surface area contributed by atoms with E-state index in [0.717, 1.165) is 22.2 Å². The SMILES string of the molecule is CCOc1ccc(Nc2ncnc(Oc3cccc4ccccc34)c2N)cc1. The summed E-state index contributed by atoms with van der Waals surface area (Å²) >= 11 is 0. The fraction of sp³-hybridized carbons (Fsp3) is 0.0909. The Balaban J connectivity index is 1.59. The van der Waals surface area contributed by atoms with E-state index in [9.17, 15) is 0 Å². The number of nitrogens with one attached hydrogen (secondary N) is 1. The first kappa shape index (κ1) is 17.6. The summed E-state index contributed by atoms with van der Waals surface area (Å²) in [6, 6.07) is 21.4. The van der Waals surface area contributed by atoms with Gasteiger partial charge in [0.1, 0.15) is 23.5 Å². The number of hydrogen-bond donors (Lipinski definition) is 2. The lowest BCUT2D eigenvalue weighted by Gasteiger charge is -2.13. The second-order valence-corrected chi connectivity index (χ2v) is 6.10. The predicted molar refractivity (Wildman–Crippen MR) is 111 cm³/mol. The van der Waals surface area contributed by atoms with E-state index in [2.05, 4.69) is 15.3 Å². The van der Waals surface area contributed by atoms with Gasteiger partial charge >= 0.3 is 0 Å². The van der Waals surface area contributed by atoms with Crippen LogP contribution in [0.25, 0.3) is 10.8 Å². The van der Waals surface area contributed by atoms with Gasteiger partial charge in [-0.15, -0.1) is 0 Å². The fourth-order valence-electron chi connectivity index (χ4n) is 2.89. The monoisotopic (exact) mass is 372 g/mol. The lowest BCUT2D eigenvalue weighted by molar-refractivity contribution is 0.340. The summed E-state index contributed by atoms with van der Waals surface area (Å²) in [5.74, 6) is 2.29. The number of aromatic nitrogens is 2. The molecule has 1 heterocycles. The minimum Gasteiger partial charge on any atom is -0.494 e. The quantitative estimate of drug-likeness (QED) is 0.487. The van der Waals surface area contributed by atoms with Crippen molar-refractivity contribution in [1.29, 1.82) is 0 Å². The van der Waals surface area contributed by atoms with Crippen LogP contribution in [0.2, 0.25) is 0 Å². The van der Waals surface area contributed by atoms with E-state index in [1.807, 2.05) is 73.7 Å². The third kappa shape index (κ3) is 3.66. The number of fused-ring (bicyclic) bond motifs is 1. The zero-order valence-electron chi connectivity index (χ0n) is 15.4. The van der Waals surface area contributed by atoms with Crippen LogP contribution in [0.1, 0.15) is 6.92 Å². The van der Waals surface area contributed by atoms with Crippen LogP contribution >= 0.6 is 0 Å². The molecule has 0 bridgehead atoms. The Labute approximate surface area is 163 Å². The third-order valence-corrected chi connectivity index (χ3v) is 4.23. The van der Waals surface area contributed by atoms with Crippen LogP contribution in [0.15, 0.2) is 73.1 Å². The second kappa shape index (κ2) is 7.84. The van der Waals surface area contributed by atoms with Gasteiger partial charge in [0.05, 0.1) is 6.61 Å². The first-order valence-corrected chi connectivity index (χ1v) is 9.00. The predicted octanol–water partition coefficient (Wildman–Crippen LogP) is 5.15. The van der Waals surface area contributed by atoms with Crippen molar-refractivity contribution in [3.63, 3.8) is 0 Å². The van der Waals surface area contributed by atoms with E-state index in [0.29, 0.717) is 29.7 Å². The molecule has 0 spiro atoms. The molecular weight excluding hydrogens is 352 g/mol. The number of hydrogen-bond acceptors (Lipinski definition) is 6. The molecule has 0 aliphatic carbocycles. The van der Waals surface area contributed by atoms with Gasteiger partial charge in [-0.1, -0.05) is 36.4 Å². The highest BCUT2D eigenvalue weighted by atomic mass is 16.5. The molecule has 3 aromatic carbocycles. The molecule has 0 radical (unpaired) electrons. The standard InChI is InChI=1S/C22H20N4O2/c1-2-27-17-12-10-16(11-13-17)26-21-20(23)22(25-14-24-21)28-19-9-5-7-15-6-3-4-8-18(15)19/h3-14H,2,23H2,1H3,(H,24,25,26). The largest absolute Gasteiger partial charge is 0.494 e. The van der Waals surface area contributed by atoms with Crippen molar-refractivity contribution < 1.29 is 9.47 Å². The van der Waals surface area contributed by atoms with Gasteiger partial charge < -0.3 is 20.5 Å². The molecule has 1 aromatic heterocycles. The lowest BCUT2D eigenvalue weighted by Crippen LogP contribution is -2.03. The molecule has 0 saturated heterocycles. The average Bonchev–Trinajstić information content (AvgIpc) is 2.73. The summed E-state index contributed by atoms with van der Waals surface area (Å²) in [4.78, 5) is 8.44. The highest BCUT2D eigenvalue weighted by molar-refractivity contribution is 5.88. The molecule has 0 aliphatic rings. The van der Waals surface area contributed by atoms with E-state index in [4.69, 9.17) is 15.2 Å². The Bertz CT molecular complexity index is 1090. The highest BCUT2D eigenvalue weighted by Gasteiger charge is 2.12. The molecule has 0 amide bonds. The maximum absolute atomic E-state index is 6.26. The molecule has 0 saturated carbocycles. The van der Waals surface area contributed by atoms with Crippen LogP contribution in [0.4, 0.5) is 17.2 Å². The first-order chi connectivity index (χ1) is 13.7. The van der Waals surface area contributed by atoms with Gasteiger partial charge in [0.15, 0.2) is 5.82 Å². The summed E-state index contributed by atoms with van der Waals surface area (Å²) in [7, 11) is 0. The van der Waals surface area contributed by atoms with Gasteiger partial charge in [0.25, 0.3) is 0 Å². The van der Waals surface area contributed by atoms with E-state index < -0.39 is 0 Å². The van der Waals surface area contributed by atoms with Crippen LogP contribution in [-0.4, -0.2) is 16.6 Å². The van der Waals surface area contributed by atoms with Crippen LogP contribution in [0.5, 0.6) is 17.4 Å². The summed E-state index contributed by atoms with van der Waals surface area (Å²) in [6.45, 7) is 2.58. The van der Waals surface area contributed by atoms with Crippen molar-refractivity contribution >= 4 is 28.0 Å². The van der Waals surface area contributed by atoms with Crippen LogP contribution in [0.3, 0.4) is 0 Å². The maximum atomic E-state index is 6.26. The molecule has 0 fully saturated rings. The van der Waals surface area contributed by atoms with Crippen LogP contribution in [0, 0.1) is 0 Å².